The molecule has 0 unspecified atom stereocenters. The minimum atomic E-state index is -0.0510. The van der Waals surface area contributed by atoms with Crippen molar-refractivity contribution in [3.8, 4) is 0 Å². The highest BCUT2D eigenvalue weighted by Gasteiger charge is 2.33. The summed E-state index contributed by atoms with van der Waals surface area (Å²) in [6.07, 6.45) is 2.69. The fraction of sp³-hybridized carbons (Fsp3) is 0.286. The third kappa shape index (κ3) is 1.98. The van der Waals surface area contributed by atoms with E-state index in [2.05, 4.69) is 34.0 Å². The lowest BCUT2D eigenvalue weighted by molar-refractivity contribution is 0.0975. The van der Waals surface area contributed by atoms with Crippen molar-refractivity contribution < 1.29 is 4.79 Å². The molecule has 1 aliphatic rings. The molecule has 19 heavy (non-hydrogen) atoms. The third-order valence-corrected chi connectivity index (χ3v) is 3.99. The number of anilines is 1. The summed E-state index contributed by atoms with van der Waals surface area (Å²) in [7, 11) is 1.81. The van der Waals surface area contributed by atoms with Gasteiger partial charge in [-0.2, -0.15) is 5.10 Å². The Bertz CT molecular complexity index is 650. The number of carbonyl (C=O) groups excluding carboxylic acids is 1. The number of hydrogen-bond acceptors (Lipinski definition) is 2. The van der Waals surface area contributed by atoms with Gasteiger partial charge in [0.1, 0.15) is 0 Å². The molecule has 5 heteroatoms. The first-order valence-corrected chi connectivity index (χ1v) is 6.98. The van der Waals surface area contributed by atoms with Crippen LogP contribution in [0.2, 0.25) is 0 Å². The van der Waals surface area contributed by atoms with Gasteiger partial charge in [0.2, 0.25) is 0 Å². The Balaban J connectivity index is 2.03. The van der Waals surface area contributed by atoms with Crippen LogP contribution in [0.3, 0.4) is 0 Å². The lowest BCUT2D eigenvalue weighted by Crippen LogP contribution is -2.36. The summed E-state index contributed by atoms with van der Waals surface area (Å²) >= 11 is 3.39. The second-order valence-electron chi connectivity index (χ2n) is 4.86. The summed E-state index contributed by atoms with van der Waals surface area (Å²) in [6.45, 7) is 2.06. The van der Waals surface area contributed by atoms with E-state index in [4.69, 9.17) is 0 Å². The van der Waals surface area contributed by atoms with E-state index in [9.17, 15) is 4.79 Å². The maximum absolute atomic E-state index is 12.7. The van der Waals surface area contributed by atoms with Gasteiger partial charge in [-0.3, -0.25) is 9.48 Å². The largest absolute Gasteiger partial charge is 0.304 e. The van der Waals surface area contributed by atoms with Crippen LogP contribution in [0, 0.1) is 0 Å². The number of amides is 1. The molecule has 1 aromatic carbocycles. The van der Waals surface area contributed by atoms with Crippen molar-refractivity contribution in [2.24, 2.45) is 7.05 Å². The molecule has 2 heterocycles. The molecule has 1 atom stereocenters. The molecule has 0 bridgehead atoms. The third-order valence-electron chi connectivity index (χ3n) is 3.41. The molecular weight excluding hydrogens is 306 g/mol. The number of aromatic nitrogens is 2. The Hall–Kier alpha value is -1.62. The van der Waals surface area contributed by atoms with Crippen LogP contribution >= 0.6 is 15.9 Å². The van der Waals surface area contributed by atoms with E-state index >= 15 is 0 Å². The number of fused-ring (bicyclic) bond motifs is 1. The van der Waals surface area contributed by atoms with Crippen LogP contribution in [0.1, 0.15) is 23.0 Å². The summed E-state index contributed by atoms with van der Waals surface area (Å²) in [4.78, 5) is 14.5. The van der Waals surface area contributed by atoms with Crippen LogP contribution in [0.15, 0.2) is 34.9 Å². The Kier molecular flexibility index (Phi) is 2.93. The molecule has 1 aliphatic heterocycles. The molecule has 0 fully saturated rings. The first kappa shape index (κ1) is 12.4. The Morgan fingerprint density at radius 1 is 1.42 bits per heavy atom. The molecule has 0 aliphatic carbocycles. The highest BCUT2D eigenvalue weighted by atomic mass is 79.9. The zero-order valence-electron chi connectivity index (χ0n) is 10.8. The maximum atomic E-state index is 12.7. The molecule has 0 spiro atoms. The Morgan fingerprint density at radius 2 is 2.16 bits per heavy atom. The minimum absolute atomic E-state index is 0.0510. The summed E-state index contributed by atoms with van der Waals surface area (Å²) in [6, 6.07) is 8.21. The number of aryl methyl sites for hydroxylation is 1. The van der Waals surface area contributed by atoms with Gasteiger partial charge < -0.3 is 4.90 Å². The van der Waals surface area contributed by atoms with E-state index in [1.807, 2.05) is 30.1 Å². The summed E-state index contributed by atoms with van der Waals surface area (Å²) in [5.74, 6) is -0.0510. The zero-order valence-corrected chi connectivity index (χ0v) is 12.4. The predicted molar refractivity (Wildman–Crippen MR) is 77.3 cm³/mol. The SMILES string of the molecule is C[C@H]1Cc2ccccc2N1C(=O)c1nn(C)cc1Br. The van der Waals surface area contributed by atoms with Crippen LogP contribution in [-0.2, 0) is 13.5 Å². The molecule has 1 amide bonds. The van der Waals surface area contributed by atoms with Gasteiger partial charge in [0, 0.05) is 25.0 Å². The summed E-state index contributed by atoms with van der Waals surface area (Å²) in [5, 5.41) is 4.24. The van der Waals surface area contributed by atoms with Crippen molar-refractivity contribution in [3.05, 3.63) is 46.2 Å². The number of para-hydroxylation sites is 1. The number of nitrogens with zero attached hydrogens (tertiary/aromatic N) is 3. The van der Waals surface area contributed by atoms with Gasteiger partial charge in [0.15, 0.2) is 5.69 Å². The number of rotatable bonds is 1. The summed E-state index contributed by atoms with van der Waals surface area (Å²) in [5.41, 5.74) is 2.68. The molecule has 1 aromatic heterocycles. The van der Waals surface area contributed by atoms with Crippen LogP contribution in [0.25, 0.3) is 0 Å². The zero-order chi connectivity index (χ0) is 13.6. The number of hydrogen-bond donors (Lipinski definition) is 0. The van der Waals surface area contributed by atoms with Gasteiger partial charge in [0.05, 0.1) is 4.47 Å². The van der Waals surface area contributed by atoms with Crippen molar-refractivity contribution in [2.45, 2.75) is 19.4 Å². The molecule has 3 rings (SSSR count). The molecular formula is C14H14BrN3O. The fourth-order valence-electron chi connectivity index (χ4n) is 2.59. The second-order valence-corrected chi connectivity index (χ2v) is 5.71. The van der Waals surface area contributed by atoms with Crippen molar-refractivity contribution in [1.29, 1.82) is 0 Å². The fourth-order valence-corrected chi connectivity index (χ4v) is 3.14. The molecule has 0 saturated heterocycles. The lowest BCUT2D eigenvalue weighted by Gasteiger charge is -2.21. The van der Waals surface area contributed by atoms with Crippen LogP contribution < -0.4 is 4.90 Å². The van der Waals surface area contributed by atoms with Gasteiger partial charge >= 0.3 is 0 Å². The van der Waals surface area contributed by atoms with Crippen LogP contribution in [-0.4, -0.2) is 21.7 Å². The topological polar surface area (TPSA) is 38.1 Å². The molecule has 98 valence electrons. The predicted octanol–water partition coefficient (Wildman–Crippen LogP) is 2.77. The Morgan fingerprint density at radius 3 is 2.84 bits per heavy atom. The van der Waals surface area contributed by atoms with Gasteiger partial charge in [-0.25, -0.2) is 0 Å². The molecule has 0 saturated carbocycles. The molecule has 2 aromatic rings. The monoisotopic (exact) mass is 319 g/mol. The van der Waals surface area contributed by atoms with E-state index in [0.717, 1.165) is 16.6 Å². The molecule has 0 radical (unpaired) electrons. The van der Waals surface area contributed by atoms with E-state index in [0.29, 0.717) is 5.69 Å². The lowest BCUT2D eigenvalue weighted by atomic mass is 10.1. The normalized spacial score (nSPS) is 17.6. The highest BCUT2D eigenvalue weighted by molar-refractivity contribution is 9.10. The first-order chi connectivity index (χ1) is 9.08. The quantitative estimate of drug-likeness (QED) is 0.810. The standard InChI is InChI=1S/C14H14BrN3O/c1-9-7-10-5-3-4-6-12(10)18(9)14(19)13-11(15)8-17(2)16-13/h3-6,8-9H,7H2,1-2H3/t9-/m0/s1. The highest BCUT2D eigenvalue weighted by Crippen LogP contribution is 2.33. The number of benzene rings is 1. The van der Waals surface area contributed by atoms with Crippen molar-refractivity contribution >= 4 is 27.5 Å². The average Bonchev–Trinajstić information content (AvgIpc) is 2.87. The number of halogens is 1. The van der Waals surface area contributed by atoms with E-state index in [-0.39, 0.29) is 11.9 Å². The smallest absolute Gasteiger partial charge is 0.280 e. The van der Waals surface area contributed by atoms with Gasteiger partial charge in [-0.1, -0.05) is 18.2 Å². The molecule has 0 N–H and O–H groups in total. The molecule has 4 nitrogen and oxygen atoms in total. The summed E-state index contributed by atoms with van der Waals surface area (Å²) < 4.78 is 2.38. The van der Waals surface area contributed by atoms with E-state index in [1.165, 1.54) is 5.56 Å². The number of carbonyl (C=O) groups is 1. The van der Waals surface area contributed by atoms with Crippen LogP contribution in [0.5, 0.6) is 0 Å². The van der Waals surface area contributed by atoms with Gasteiger partial charge in [0.25, 0.3) is 5.91 Å². The van der Waals surface area contributed by atoms with Crippen LogP contribution in [0.4, 0.5) is 5.69 Å². The first-order valence-electron chi connectivity index (χ1n) is 6.18. The van der Waals surface area contributed by atoms with Crippen molar-refractivity contribution in [2.75, 3.05) is 4.90 Å². The van der Waals surface area contributed by atoms with Gasteiger partial charge in [-0.05, 0) is 40.9 Å². The van der Waals surface area contributed by atoms with Gasteiger partial charge in [-0.15, -0.1) is 0 Å². The second kappa shape index (κ2) is 4.49. The maximum Gasteiger partial charge on any atom is 0.280 e. The van der Waals surface area contributed by atoms with Crippen molar-refractivity contribution in [1.82, 2.24) is 9.78 Å². The van der Waals surface area contributed by atoms with E-state index < -0.39 is 0 Å². The Labute approximate surface area is 120 Å². The van der Waals surface area contributed by atoms with Crippen molar-refractivity contribution in [3.63, 3.8) is 0 Å². The average molecular weight is 320 g/mol. The van der Waals surface area contributed by atoms with E-state index in [1.54, 1.807) is 10.9 Å². The minimum Gasteiger partial charge on any atom is -0.304 e.